The lowest BCUT2D eigenvalue weighted by atomic mass is 10.1. The number of nitrogens with one attached hydrogen (secondary N) is 3. The van der Waals surface area contributed by atoms with Gasteiger partial charge in [0, 0.05) is 24.0 Å². The third kappa shape index (κ3) is 3.94. The van der Waals surface area contributed by atoms with Crippen LogP contribution in [0.1, 0.15) is 25.8 Å². The zero-order chi connectivity index (χ0) is 19.6. The Morgan fingerprint density at radius 1 is 1.33 bits per heavy atom. The van der Waals surface area contributed by atoms with Crippen molar-refractivity contribution in [3.63, 3.8) is 0 Å². The number of rotatable bonds is 6. The van der Waals surface area contributed by atoms with E-state index in [9.17, 15) is 13.2 Å². The van der Waals surface area contributed by atoms with E-state index in [-0.39, 0.29) is 17.1 Å². The highest BCUT2D eigenvalue weighted by Gasteiger charge is 2.35. The van der Waals surface area contributed by atoms with Crippen LogP contribution in [0.5, 0.6) is 5.75 Å². The van der Waals surface area contributed by atoms with E-state index in [2.05, 4.69) is 26.7 Å². The fourth-order valence-corrected chi connectivity index (χ4v) is 2.73. The van der Waals surface area contributed by atoms with Gasteiger partial charge >= 0.3 is 6.18 Å². The van der Waals surface area contributed by atoms with E-state index in [4.69, 9.17) is 4.74 Å². The number of ether oxygens (including phenoxy) is 1. The molecular weight excluding hydrogens is 357 g/mol. The molecule has 0 fully saturated rings. The maximum absolute atomic E-state index is 13.4. The minimum atomic E-state index is -4.47. The standard InChI is InChI=1S/C19H20F3N4O/c1-4-11(2)24-14-9-16(25-13-7-5-6-8-15(13)27-3)26-18-17(14)12(10-23-18)19(20,21)22/h5,7-11H,4H2,1-3H3,(H3,23,24,25,26)/t11-/m0/s1. The topological polar surface area (TPSA) is 62.0 Å². The number of H-pyrrole nitrogens is 1. The van der Waals surface area contributed by atoms with Gasteiger partial charge in [0.05, 0.1) is 23.7 Å². The predicted octanol–water partition coefficient (Wildman–Crippen LogP) is 5.34. The van der Waals surface area contributed by atoms with Gasteiger partial charge in [-0.1, -0.05) is 13.0 Å². The Bertz CT molecular complexity index is 936. The molecule has 0 amide bonds. The number of alkyl halides is 3. The molecule has 8 heteroatoms. The number of fused-ring (bicyclic) bond motifs is 1. The summed E-state index contributed by atoms with van der Waals surface area (Å²) >= 11 is 0. The summed E-state index contributed by atoms with van der Waals surface area (Å²) in [7, 11) is 1.53. The highest BCUT2D eigenvalue weighted by atomic mass is 19.4. The first-order valence-corrected chi connectivity index (χ1v) is 8.50. The Labute approximate surface area is 154 Å². The fourth-order valence-electron chi connectivity index (χ4n) is 2.73. The Morgan fingerprint density at radius 2 is 2.11 bits per heavy atom. The van der Waals surface area contributed by atoms with E-state index < -0.39 is 11.7 Å². The number of nitrogens with zero attached hydrogens (tertiary/aromatic N) is 1. The lowest BCUT2D eigenvalue weighted by Gasteiger charge is -2.17. The van der Waals surface area contributed by atoms with Gasteiger partial charge in [-0.2, -0.15) is 13.2 Å². The Hall–Kier alpha value is -2.90. The van der Waals surface area contributed by atoms with Gasteiger partial charge in [-0.15, -0.1) is 0 Å². The third-order valence-corrected chi connectivity index (χ3v) is 4.27. The highest BCUT2D eigenvalue weighted by Crippen LogP contribution is 2.39. The predicted molar refractivity (Wildman–Crippen MR) is 99.6 cm³/mol. The number of halogens is 3. The van der Waals surface area contributed by atoms with Crippen molar-refractivity contribution < 1.29 is 17.9 Å². The summed E-state index contributed by atoms with van der Waals surface area (Å²) in [5, 5.41) is 6.28. The maximum Gasteiger partial charge on any atom is 0.418 e. The monoisotopic (exact) mass is 377 g/mol. The van der Waals surface area contributed by atoms with Gasteiger partial charge in [0.15, 0.2) is 0 Å². The summed E-state index contributed by atoms with van der Waals surface area (Å²) in [6.07, 6.45) is -2.76. The molecule has 1 radical (unpaired) electrons. The number of hydrogen-bond donors (Lipinski definition) is 3. The van der Waals surface area contributed by atoms with Gasteiger partial charge < -0.3 is 20.4 Å². The average molecular weight is 377 g/mol. The molecule has 0 saturated carbocycles. The average Bonchev–Trinajstić information content (AvgIpc) is 3.06. The molecular formula is C19H20F3N4O. The lowest BCUT2D eigenvalue weighted by Crippen LogP contribution is -2.15. The van der Waals surface area contributed by atoms with E-state index in [0.717, 1.165) is 12.6 Å². The molecule has 3 rings (SSSR count). The molecule has 3 aromatic rings. The fraction of sp³-hybridized carbons (Fsp3) is 0.316. The molecule has 1 aromatic carbocycles. The van der Waals surface area contributed by atoms with Crippen LogP contribution in [-0.4, -0.2) is 23.1 Å². The van der Waals surface area contributed by atoms with Crippen molar-refractivity contribution in [1.82, 2.24) is 9.97 Å². The molecule has 1 atom stereocenters. The van der Waals surface area contributed by atoms with Crippen LogP contribution < -0.4 is 15.4 Å². The van der Waals surface area contributed by atoms with Gasteiger partial charge in [0.25, 0.3) is 0 Å². The smallest absolute Gasteiger partial charge is 0.418 e. The van der Waals surface area contributed by atoms with Gasteiger partial charge in [-0.3, -0.25) is 0 Å². The quantitative estimate of drug-likeness (QED) is 0.542. The first kappa shape index (κ1) is 18.9. The Morgan fingerprint density at radius 3 is 2.78 bits per heavy atom. The van der Waals surface area contributed by atoms with Crippen molar-refractivity contribution in [2.45, 2.75) is 32.5 Å². The van der Waals surface area contributed by atoms with Crippen LogP contribution in [0.4, 0.5) is 30.4 Å². The molecule has 0 aliphatic carbocycles. The summed E-state index contributed by atoms with van der Waals surface area (Å²) in [6.45, 7) is 3.87. The molecule has 2 heterocycles. The molecule has 3 N–H and O–H groups in total. The maximum atomic E-state index is 13.4. The van der Waals surface area contributed by atoms with E-state index >= 15 is 0 Å². The number of aromatic nitrogens is 2. The van der Waals surface area contributed by atoms with Crippen molar-refractivity contribution >= 4 is 28.2 Å². The lowest BCUT2D eigenvalue weighted by molar-refractivity contribution is -0.136. The Kier molecular flexibility index (Phi) is 5.16. The zero-order valence-corrected chi connectivity index (χ0v) is 15.2. The van der Waals surface area contributed by atoms with Crippen LogP contribution in [0.15, 0.2) is 30.5 Å². The number of aromatic amines is 1. The van der Waals surface area contributed by atoms with Gasteiger partial charge in [-0.05, 0) is 31.5 Å². The molecule has 5 nitrogen and oxygen atoms in total. The van der Waals surface area contributed by atoms with Crippen LogP contribution in [0.25, 0.3) is 11.0 Å². The van der Waals surface area contributed by atoms with Crippen molar-refractivity contribution in [2.24, 2.45) is 0 Å². The van der Waals surface area contributed by atoms with E-state index in [1.165, 1.54) is 7.11 Å². The molecule has 0 aliphatic heterocycles. The molecule has 0 saturated heterocycles. The molecule has 0 aliphatic rings. The van der Waals surface area contributed by atoms with E-state index in [1.54, 1.807) is 24.3 Å². The molecule has 0 unspecified atom stereocenters. The number of methoxy groups -OCH3 is 1. The first-order chi connectivity index (χ1) is 12.8. The summed E-state index contributed by atoms with van der Waals surface area (Å²) < 4.78 is 45.4. The van der Waals surface area contributed by atoms with Crippen molar-refractivity contribution in [1.29, 1.82) is 0 Å². The second-order valence-corrected chi connectivity index (χ2v) is 6.18. The normalized spacial score (nSPS) is 12.8. The number of benzene rings is 1. The third-order valence-electron chi connectivity index (χ3n) is 4.27. The summed E-state index contributed by atoms with van der Waals surface area (Å²) in [4.78, 5) is 6.93. The first-order valence-electron chi connectivity index (χ1n) is 8.50. The van der Waals surface area contributed by atoms with Crippen molar-refractivity contribution in [2.75, 3.05) is 17.7 Å². The number of hydrogen-bond acceptors (Lipinski definition) is 4. The van der Waals surface area contributed by atoms with E-state index in [0.29, 0.717) is 22.9 Å². The number of pyridine rings is 1. The SMILES string of the molecule is CC[C@H](C)Nc1cc(Nc2cc[c]cc2OC)nc2[nH]cc(C(F)(F)F)c12. The van der Waals surface area contributed by atoms with Crippen molar-refractivity contribution in [3.05, 3.63) is 42.1 Å². The second-order valence-electron chi connectivity index (χ2n) is 6.18. The molecule has 0 bridgehead atoms. The largest absolute Gasteiger partial charge is 0.495 e. The van der Waals surface area contributed by atoms with Crippen LogP contribution in [-0.2, 0) is 6.18 Å². The minimum absolute atomic E-state index is 0.000273. The molecule has 0 spiro atoms. The van der Waals surface area contributed by atoms with Gasteiger partial charge in [0.2, 0.25) is 0 Å². The Balaban J connectivity index is 2.10. The zero-order valence-electron chi connectivity index (χ0n) is 15.2. The number of anilines is 3. The summed E-state index contributed by atoms with van der Waals surface area (Å²) in [6, 6.07) is 9.60. The van der Waals surface area contributed by atoms with Gasteiger partial charge in [-0.25, -0.2) is 4.98 Å². The molecule has 27 heavy (non-hydrogen) atoms. The van der Waals surface area contributed by atoms with Crippen LogP contribution in [0.3, 0.4) is 0 Å². The summed E-state index contributed by atoms with van der Waals surface area (Å²) in [5.41, 5.74) is 0.418. The minimum Gasteiger partial charge on any atom is -0.495 e. The van der Waals surface area contributed by atoms with Crippen molar-refractivity contribution in [3.8, 4) is 5.75 Å². The van der Waals surface area contributed by atoms with Crippen LogP contribution >= 0.6 is 0 Å². The van der Waals surface area contributed by atoms with Crippen LogP contribution in [0.2, 0.25) is 0 Å². The van der Waals surface area contributed by atoms with Crippen LogP contribution in [0, 0.1) is 6.07 Å². The second kappa shape index (κ2) is 7.38. The van der Waals surface area contributed by atoms with Gasteiger partial charge in [0.1, 0.15) is 17.2 Å². The highest BCUT2D eigenvalue weighted by molar-refractivity contribution is 5.95. The van der Waals surface area contributed by atoms with E-state index in [1.807, 2.05) is 13.8 Å². The molecule has 143 valence electrons. The summed E-state index contributed by atoms with van der Waals surface area (Å²) in [5.74, 6) is 0.951. The molecule has 2 aromatic heterocycles.